The lowest BCUT2D eigenvalue weighted by Gasteiger charge is -2.26. The Kier molecular flexibility index (Phi) is 7.15. The van der Waals surface area contributed by atoms with Crippen molar-refractivity contribution >= 4 is 17.8 Å². The van der Waals surface area contributed by atoms with E-state index < -0.39 is 18.1 Å². The second kappa shape index (κ2) is 9.33. The van der Waals surface area contributed by atoms with Crippen LogP contribution in [0.5, 0.6) is 0 Å². The van der Waals surface area contributed by atoms with Gasteiger partial charge in [-0.2, -0.15) is 0 Å². The summed E-state index contributed by atoms with van der Waals surface area (Å²) in [5.41, 5.74) is 0.900. The molecule has 1 heterocycles. The van der Waals surface area contributed by atoms with Gasteiger partial charge in [0.15, 0.2) is 0 Å². The molecular weight excluding hydrogens is 336 g/mol. The topological polar surface area (TPSA) is 93.7 Å². The van der Waals surface area contributed by atoms with E-state index in [1.54, 1.807) is 0 Å². The second-order valence-corrected chi connectivity index (χ2v) is 6.75. The van der Waals surface area contributed by atoms with Crippen molar-refractivity contribution in [1.82, 2.24) is 10.6 Å². The van der Waals surface area contributed by atoms with Gasteiger partial charge in [-0.05, 0) is 11.5 Å². The number of esters is 2. The number of ether oxygens (including phenoxy) is 2. The highest BCUT2D eigenvalue weighted by atomic mass is 16.5. The maximum atomic E-state index is 12.1. The van der Waals surface area contributed by atoms with E-state index in [0.717, 1.165) is 5.56 Å². The van der Waals surface area contributed by atoms with E-state index in [9.17, 15) is 14.4 Å². The zero-order chi connectivity index (χ0) is 19.1. The van der Waals surface area contributed by atoms with E-state index in [1.165, 1.54) is 7.11 Å². The Hall–Kier alpha value is -2.41. The monoisotopic (exact) mass is 362 g/mol. The van der Waals surface area contributed by atoms with Gasteiger partial charge in [0.25, 0.3) is 0 Å². The van der Waals surface area contributed by atoms with Gasteiger partial charge >= 0.3 is 11.9 Å². The summed E-state index contributed by atoms with van der Waals surface area (Å²) >= 11 is 0. The molecule has 7 nitrogen and oxygen atoms in total. The number of carbonyl (C=O) groups excluding carboxylic acids is 3. The van der Waals surface area contributed by atoms with Crippen molar-refractivity contribution in [1.29, 1.82) is 0 Å². The van der Waals surface area contributed by atoms with Gasteiger partial charge in [0, 0.05) is 12.5 Å². The quantitative estimate of drug-likeness (QED) is 0.674. The van der Waals surface area contributed by atoms with E-state index in [4.69, 9.17) is 9.47 Å². The molecule has 0 aliphatic carbocycles. The lowest BCUT2D eigenvalue weighted by atomic mass is 10.00. The summed E-state index contributed by atoms with van der Waals surface area (Å²) in [6, 6.07) is 8.09. The van der Waals surface area contributed by atoms with Crippen LogP contribution < -0.4 is 10.6 Å². The fraction of sp³-hybridized carbons (Fsp3) is 0.526. The zero-order valence-electron chi connectivity index (χ0n) is 15.4. The summed E-state index contributed by atoms with van der Waals surface area (Å²) in [7, 11) is 1.33. The predicted octanol–water partition coefficient (Wildman–Crippen LogP) is 1.16. The Morgan fingerprint density at radius 2 is 1.96 bits per heavy atom. The van der Waals surface area contributed by atoms with Crippen molar-refractivity contribution in [2.24, 2.45) is 5.92 Å². The second-order valence-electron chi connectivity index (χ2n) is 6.75. The summed E-state index contributed by atoms with van der Waals surface area (Å²) in [5.74, 6) is -0.948. The predicted molar refractivity (Wildman–Crippen MR) is 95.0 cm³/mol. The van der Waals surface area contributed by atoms with Gasteiger partial charge in [-0.15, -0.1) is 0 Å². The third-order valence-electron chi connectivity index (χ3n) is 4.38. The molecule has 0 bridgehead atoms. The number of nitrogens with one attached hydrogen (secondary N) is 2. The van der Waals surface area contributed by atoms with E-state index in [1.807, 2.05) is 44.2 Å². The maximum absolute atomic E-state index is 12.1. The molecule has 1 saturated heterocycles. The fourth-order valence-electron chi connectivity index (χ4n) is 2.94. The maximum Gasteiger partial charge on any atom is 0.323 e. The number of rotatable bonds is 8. The van der Waals surface area contributed by atoms with Crippen molar-refractivity contribution in [3.63, 3.8) is 0 Å². The number of hydrogen-bond donors (Lipinski definition) is 2. The number of carbonyl (C=O) groups is 3. The highest BCUT2D eigenvalue weighted by Crippen LogP contribution is 2.16. The van der Waals surface area contributed by atoms with Crippen LogP contribution in [0.3, 0.4) is 0 Å². The fourth-order valence-corrected chi connectivity index (χ4v) is 2.94. The number of hydrogen-bond acceptors (Lipinski definition) is 6. The van der Waals surface area contributed by atoms with Crippen LogP contribution in [0.15, 0.2) is 30.3 Å². The van der Waals surface area contributed by atoms with Crippen LogP contribution in [0.2, 0.25) is 0 Å². The van der Waals surface area contributed by atoms with Gasteiger partial charge in [0.05, 0.1) is 19.6 Å². The molecule has 2 rings (SSSR count). The Morgan fingerprint density at radius 3 is 2.58 bits per heavy atom. The largest absolute Gasteiger partial charge is 0.468 e. The Morgan fingerprint density at radius 1 is 1.27 bits per heavy atom. The van der Waals surface area contributed by atoms with Crippen LogP contribution in [-0.2, 0) is 30.5 Å². The van der Waals surface area contributed by atoms with Crippen LogP contribution >= 0.6 is 0 Å². The molecular formula is C19H26N2O5. The van der Waals surface area contributed by atoms with Crippen molar-refractivity contribution in [2.75, 3.05) is 7.11 Å². The van der Waals surface area contributed by atoms with Crippen molar-refractivity contribution < 1.29 is 23.9 Å². The Labute approximate surface area is 153 Å². The lowest BCUT2D eigenvalue weighted by molar-refractivity contribution is -0.145. The van der Waals surface area contributed by atoms with E-state index >= 15 is 0 Å². The zero-order valence-corrected chi connectivity index (χ0v) is 15.4. The van der Waals surface area contributed by atoms with Gasteiger partial charge in [-0.25, -0.2) is 0 Å². The standard InChI is InChI=1S/C19H26N2O5/c1-12(2)18(19(24)25-3)21-14-9-16(22)20-15(14)10-17(23)26-11-13-7-5-4-6-8-13/h4-8,12,14-15,18,21H,9-11H2,1-3H3,(H,20,22)/t14-,15-,18-/m0/s1. The van der Waals surface area contributed by atoms with Gasteiger partial charge < -0.3 is 14.8 Å². The molecule has 0 spiro atoms. The molecule has 142 valence electrons. The number of amides is 1. The smallest absolute Gasteiger partial charge is 0.323 e. The molecule has 1 amide bonds. The molecule has 26 heavy (non-hydrogen) atoms. The Bertz CT molecular complexity index is 632. The molecule has 0 aromatic heterocycles. The minimum atomic E-state index is -0.541. The molecule has 1 aliphatic rings. The highest BCUT2D eigenvalue weighted by Gasteiger charge is 2.37. The first-order chi connectivity index (χ1) is 12.4. The number of methoxy groups -OCH3 is 1. The molecule has 1 aromatic carbocycles. The molecule has 0 saturated carbocycles. The molecule has 1 aromatic rings. The summed E-state index contributed by atoms with van der Waals surface area (Å²) < 4.78 is 10.1. The van der Waals surface area contributed by atoms with E-state index in [0.29, 0.717) is 0 Å². The lowest BCUT2D eigenvalue weighted by Crippen LogP contribution is -2.51. The van der Waals surface area contributed by atoms with Crippen LogP contribution in [-0.4, -0.2) is 43.1 Å². The van der Waals surface area contributed by atoms with Crippen molar-refractivity contribution in [2.45, 2.75) is 51.4 Å². The first-order valence-corrected chi connectivity index (χ1v) is 8.73. The highest BCUT2D eigenvalue weighted by molar-refractivity contribution is 5.82. The van der Waals surface area contributed by atoms with Crippen LogP contribution in [0.4, 0.5) is 0 Å². The molecule has 1 aliphatic heterocycles. The minimum absolute atomic E-state index is 0.0103. The van der Waals surface area contributed by atoms with Crippen molar-refractivity contribution in [3.8, 4) is 0 Å². The molecule has 0 radical (unpaired) electrons. The van der Waals surface area contributed by atoms with Crippen LogP contribution in [0.25, 0.3) is 0 Å². The average molecular weight is 362 g/mol. The average Bonchev–Trinajstić information content (AvgIpc) is 2.96. The SMILES string of the molecule is COC(=O)[C@@H](N[C@H]1CC(=O)N[C@H]1CC(=O)OCc1ccccc1)C(C)C. The van der Waals surface area contributed by atoms with Gasteiger partial charge in [0.1, 0.15) is 12.6 Å². The molecule has 3 atom stereocenters. The Balaban J connectivity index is 1.92. The normalized spacial score (nSPS) is 20.5. The summed E-state index contributed by atoms with van der Waals surface area (Å²) in [6.07, 6.45) is 0.249. The molecule has 7 heteroatoms. The first kappa shape index (κ1) is 19.9. The van der Waals surface area contributed by atoms with E-state index in [-0.39, 0.29) is 43.3 Å². The van der Waals surface area contributed by atoms with Gasteiger partial charge in [-0.1, -0.05) is 44.2 Å². The van der Waals surface area contributed by atoms with E-state index in [2.05, 4.69) is 10.6 Å². The van der Waals surface area contributed by atoms with Gasteiger partial charge in [0.2, 0.25) is 5.91 Å². The summed E-state index contributed by atoms with van der Waals surface area (Å²) in [6.45, 7) is 3.97. The van der Waals surface area contributed by atoms with Crippen LogP contribution in [0.1, 0.15) is 32.3 Å². The number of benzene rings is 1. The first-order valence-electron chi connectivity index (χ1n) is 8.73. The molecule has 1 fully saturated rings. The van der Waals surface area contributed by atoms with Gasteiger partial charge in [-0.3, -0.25) is 19.7 Å². The van der Waals surface area contributed by atoms with Crippen molar-refractivity contribution in [3.05, 3.63) is 35.9 Å². The van der Waals surface area contributed by atoms with Crippen LogP contribution in [0, 0.1) is 5.92 Å². The molecule has 0 unspecified atom stereocenters. The summed E-state index contributed by atoms with van der Waals surface area (Å²) in [5, 5.41) is 5.94. The minimum Gasteiger partial charge on any atom is -0.468 e. The third-order valence-corrected chi connectivity index (χ3v) is 4.38. The summed E-state index contributed by atoms with van der Waals surface area (Å²) in [4.78, 5) is 35.9. The molecule has 2 N–H and O–H groups in total. The third kappa shape index (κ3) is 5.56.